The monoisotopic (exact) mass is 472 g/mol. The van der Waals surface area contributed by atoms with E-state index >= 15 is 0 Å². The minimum atomic E-state index is -0.957. The Hall–Kier alpha value is -3.84. The van der Waals surface area contributed by atoms with Crippen LogP contribution in [0.1, 0.15) is 39.5 Å². The highest BCUT2D eigenvalue weighted by molar-refractivity contribution is 5.87. The molecule has 2 N–H and O–H groups in total. The summed E-state index contributed by atoms with van der Waals surface area (Å²) < 4.78 is 11.8. The minimum Gasteiger partial charge on any atom is -0.489 e. The maximum Gasteiger partial charge on any atom is 0.408 e. The molecule has 35 heavy (non-hydrogen) atoms. The molecule has 1 amide bonds. The van der Waals surface area contributed by atoms with Gasteiger partial charge in [-0.3, -0.25) is 4.90 Å². The molecule has 0 spiro atoms. The summed E-state index contributed by atoms with van der Waals surface area (Å²) in [5, 5.41) is 12.1. The van der Waals surface area contributed by atoms with E-state index in [4.69, 9.17) is 14.6 Å². The van der Waals surface area contributed by atoms with Gasteiger partial charge in [-0.2, -0.15) is 0 Å². The van der Waals surface area contributed by atoms with Gasteiger partial charge in [0.1, 0.15) is 18.5 Å². The number of carboxylic acid groups (broad SMARTS) is 1. The lowest BCUT2D eigenvalue weighted by atomic mass is 9.98. The number of amides is 1. The van der Waals surface area contributed by atoms with Crippen molar-refractivity contribution in [1.29, 1.82) is 0 Å². The molecule has 3 aromatic carbocycles. The van der Waals surface area contributed by atoms with Crippen LogP contribution in [0.4, 0.5) is 4.79 Å². The van der Waals surface area contributed by atoms with Gasteiger partial charge in [0.15, 0.2) is 0 Å². The van der Waals surface area contributed by atoms with E-state index in [0.717, 1.165) is 42.7 Å². The average Bonchev–Trinajstić information content (AvgIpc) is 3.50. The zero-order valence-corrected chi connectivity index (χ0v) is 19.3. The average molecular weight is 473 g/mol. The molecule has 2 saturated heterocycles. The number of carboxylic acids is 1. The van der Waals surface area contributed by atoms with Gasteiger partial charge < -0.3 is 19.9 Å². The van der Waals surface area contributed by atoms with Crippen LogP contribution in [0.25, 0.3) is 0 Å². The molecule has 3 aromatic rings. The summed E-state index contributed by atoms with van der Waals surface area (Å²) in [5.41, 5.74) is 2.93. The summed E-state index contributed by atoms with van der Waals surface area (Å²) in [6.45, 7) is 3.22. The fourth-order valence-electron chi connectivity index (χ4n) is 4.86. The molecule has 2 fully saturated rings. The third kappa shape index (κ3) is 5.46. The summed E-state index contributed by atoms with van der Waals surface area (Å²) in [7, 11) is 0. The molecule has 0 aliphatic carbocycles. The highest BCUT2D eigenvalue weighted by Gasteiger charge is 2.40. The number of carbonyl (C=O) groups is 2. The van der Waals surface area contributed by atoms with E-state index in [1.165, 1.54) is 0 Å². The number of hydrogen-bond donors (Lipinski definition) is 2. The molecule has 2 aliphatic heterocycles. The van der Waals surface area contributed by atoms with Crippen LogP contribution in [-0.4, -0.2) is 47.8 Å². The van der Waals surface area contributed by atoms with Crippen LogP contribution < -0.4 is 10.1 Å². The Morgan fingerprint density at radius 1 is 0.971 bits per heavy atom. The molecular formula is C28H28N2O5. The molecule has 7 nitrogen and oxygen atoms in total. The maximum absolute atomic E-state index is 12.9. The smallest absolute Gasteiger partial charge is 0.408 e. The summed E-state index contributed by atoms with van der Waals surface area (Å²) >= 11 is 0. The van der Waals surface area contributed by atoms with Crippen molar-refractivity contribution in [3.8, 4) is 5.75 Å². The molecular weight excluding hydrogens is 444 g/mol. The molecule has 0 saturated carbocycles. The van der Waals surface area contributed by atoms with Crippen molar-refractivity contribution in [3.63, 3.8) is 0 Å². The van der Waals surface area contributed by atoms with E-state index in [1.54, 1.807) is 24.3 Å². The first-order chi connectivity index (χ1) is 17.0. The Morgan fingerprint density at radius 3 is 2.43 bits per heavy atom. The van der Waals surface area contributed by atoms with Crippen LogP contribution >= 0.6 is 0 Å². The van der Waals surface area contributed by atoms with Crippen LogP contribution in [0.5, 0.6) is 5.75 Å². The second-order valence-electron chi connectivity index (χ2n) is 9.10. The van der Waals surface area contributed by atoms with E-state index in [2.05, 4.69) is 10.2 Å². The van der Waals surface area contributed by atoms with Crippen LogP contribution in [-0.2, 0) is 11.3 Å². The number of benzene rings is 3. The quantitative estimate of drug-likeness (QED) is 0.503. The number of ether oxygens (including phenoxy) is 2. The number of fused-ring (bicyclic) bond motifs is 2. The van der Waals surface area contributed by atoms with Crippen molar-refractivity contribution in [2.75, 3.05) is 19.6 Å². The van der Waals surface area contributed by atoms with E-state index in [0.29, 0.717) is 18.3 Å². The molecule has 2 unspecified atom stereocenters. The lowest BCUT2D eigenvalue weighted by Gasteiger charge is -2.25. The number of rotatable bonds is 8. The molecule has 5 rings (SSSR count). The lowest BCUT2D eigenvalue weighted by molar-refractivity contribution is 0.0670. The number of carbonyl (C=O) groups excluding carboxylic acids is 1. The van der Waals surface area contributed by atoms with Gasteiger partial charge in [0.05, 0.1) is 11.6 Å². The van der Waals surface area contributed by atoms with Gasteiger partial charge in [-0.1, -0.05) is 54.6 Å². The van der Waals surface area contributed by atoms with Gasteiger partial charge in [0.2, 0.25) is 0 Å². The molecule has 2 heterocycles. The minimum absolute atomic E-state index is 0.0534. The maximum atomic E-state index is 12.9. The van der Waals surface area contributed by atoms with Gasteiger partial charge in [-0.25, -0.2) is 9.59 Å². The Balaban J connectivity index is 1.29. The van der Waals surface area contributed by atoms with Crippen molar-refractivity contribution < 1.29 is 24.2 Å². The van der Waals surface area contributed by atoms with Crippen LogP contribution in [0.2, 0.25) is 0 Å². The molecule has 0 aromatic heterocycles. The van der Waals surface area contributed by atoms with Crippen molar-refractivity contribution in [1.82, 2.24) is 10.2 Å². The molecule has 0 radical (unpaired) electrons. The van der Waals surface area contributed by atoms with E-state index in [9.17, 15) is 9.59 Å². The third-order valence-electron chi connectivity index (χ3n) is 6.72. The number of nitrogens with zero attached hydrogens (tertiary/aromatic N) is 1. The first-order valence-corrected chi connectivity index (χ1v) is 11.8. The number of piperidine rings is 1. The molecule has 7 heteroatoms. The predicted octanol–water partition coefficient (Wildman–Crippen LogP) is 4.48. The Labute approximate surface area is 204 Å². The zero-order chi connectivity index (χ0) is 24.2. The molecule has 180 valence electrons. The second-order valence-corrected chi connectivity index (χ2v) is 9.10. The fourth-order valence-corrected chi connectivity index (χ4v) is 4.86. The van der Waals surface area contributed by atoms with Crippen molar-refractivity contribution >= 4 is 12.1 Å². The highest BCUT2D eigenvalue weighted by atomic mass is 16.6. The van der Waals surface area contributed by atoms with Gasteiger partial charge in [0.25, 0.3) is 0 Å². The standard InChI is InChI=1S/C28H28N2O5/c31-27(32)21-11-9-19(10-12-21)18-34-24-8-4-7-22(15-24)26(20-5-2-1-3-6-20)29-28(33)35-25-17-30-14-13-23(25)16-30/h1-12,15,23,25-26H,13-14,16-18H2,(H,29,33)(H,31,32)/t23?,25-,26-/m0/s1. The van der Waals surface area contributed by atoms with Gasteiger partial charge in [0, 0.05) is 19.0 Å². The summed E-state index contributed by atoms with van der Waals surface area (Å²) in [6, 6.07) is 23.6. The molecule has 2 aliphatic rings. The van der Waals surface area contributed by atoms with Crippen LogP contribution in [0.15, 0.2) is 78.9 Å². The van der Waals surface area contributed by atoms with Gasteiger partial charge in [-0.05, 0) is 53.9 Å². The molecule has 2 bridgehead atoms. The van der Waals surface area contributed by atoms with Crippen molar-refractivity contribution in [2.45, 2.75) is 25.2 Å². The first-order valence-electron chi connectivity index (χ1n) is 11.8. The second kappa shape index (κ2) is 10.2. The zero-order valence-electron chi connectivity index (χ0n) is 19.3. The summed E-state index contributed by atoms with van der Waals surface area (Å²) in [6.07, 6.45) is 0.614. The number of nitrogens with one attached hydrogen (secondary N) is 1. The van der Waals surface area contributed by atoms with E-state index in [-0.39, 0.29) is 17.7 Å². The van der Waals surface area contributed by atoms with Gasteiger partial charge in [-0.15, -0.1) is 0 Å². The van der Waals surface area contributed by atoms with Crippen LogP contribution in [0.3, 0.4) is 0 Å². The number of hydrogen-bond acceptors (Lipinski definition) is 5. The van der Waals surface area contributed by atoms with E-state index in [1.807, 2.05) is 54.6 Å². The topological polar surface area (TPSA) is 88.1 Å². The molecule has 4 atom stereocenters. The Morgan fingerprint density at radius 2 is 1.74 bits per heavy atom. The summed E-state index contributed by atoms with van der Waals surface area (Å²) in [4.78, 5) is 26.3. The van der Waals surface area contributed by atoms with Crippen molar-refractivity contribution in [3.05, 3.63) is 101 Å². The highest BCUT2D eigenvalue weighted by Crippen LogP contribution is 2.31. The number of alkyl carbamates (subject to hydrolysis) is 1. The largest absolute Gasteiger partial charge is 0.489 e. The van der Waals surface area contributed by atoms with Crippen LogP contribution in [0, 0.1) is 5.92 Å². The summed E-state index contributed by atoms with van der Waals surface area (Å²) in [5.74, 6) is 0.125. The van der Waals surface area contributed by atoms with E-state index < -0.39 is 12.1 Å². The normalized spacial score (nSPS) is 21.3. The lowest BCUT2D eigenvalue weighted by Crippen LogP contribution is -2.37. The number of aromatic carboxylic acids is 1. The SMILES string of the molecule is O=C(N[C@@H](c1ccccc1)c1cccc(OCc2ccc(C(=O)O)cc2)c1)O[C@H]1CN2CCC1C2. The fraction of sp³-hybridized carbons (Fsp3) is 0.286. The Bertz CT molecular complexity index is 1180. The third-order valence-corrected chi connectivity index (χ3v) is 6.72. The first kappa shape index (κ1) is 22.9. The van der Waals surface area contributed by atoms with Gasteiger partial charge >= 0.3 is 12.1 Å². The predicted molar refractivity (Wildman–Crippen MR) is 130 cm³/mol. The Kier molecular flexibility index (Phi) is 6.68. The van der Waals surface area contributed by atoms with Crippen molar-refractivity contribution in [2.24, 2.45) is 5.92 Å².